The van der Waals surface area contributed by atoms with Gasteiger partial charge in [-0.05, 0) is 60.7 Å². The van der Waals surface area contributed by atoms with Crippen molar-refractivity contribution in [2.75, 3.05) is 0 Å². The molecule has 0 amide bonds. The molecule has 0 radical (unpaired) electrons. The van der Waals surface area contributed by atoms with Crippen LogP contribution in [0.1, 0.15) is 43.6 Å². The van der Waals surface area contributed by atoms with E-state index in [0.717, 1.165) is 0 Å². The van der Waals surface area contributed by atoms with Gasteiger partial charge >= 0.3 is 0 Å². The van der Waals surface area contributed by atoms with Crippen molar-refractivity contribution >= 4 is 10.3 Å². The summed E-state index contributed by atoms with van der Waals surface area (Å²) in [5.74, 6) is 0.535. The van der Waals surface area contributed by atoms with Crippen LogP contribution in [-0.2, 0) is 3.74 Å². The summed E-state index contributed by atoms with van der Waals surface area (Å²) in [7, 11) is -7.41. The van der Waals surface area contributed by atoms with Crippen molar-refractivity contribution in [2.45, 2.75) is 52.7 Å². The monoisotopic (exact) mass is 444 g/mol. The van der Waals surface area contributed by atoms with Crippen molar-refractivity contribution < 1.29 is 28.0 Å². The minimum absolute atomic E-state index is 0.535. The van der Waals surface area contributed by atoms with Gasteiger partial charge in [0.1, 0.15) is 3.74 Å². The molecule has 158 valence electrons. The molecule has 3 aromatic rings. The van der Waals surface area contributed by atoms with Gasteiger partial charge in [0.2, 0.25) is 0 Å². The number of rotatable bonds is 6. The second-order valence-corrected chi connectivity index (χ2v) is 11.3. The Hall–Kier alpha value is -1.86. The summed E-state index contributed by atoms with van der Waals surface area (Å²) in [5, 5.41) is 0. The Morgan fingerprint density at radius 1 is 0.633 bits per heavy atom. The smallest absolute Gasteiger partial charge is 0.134 e. The van der Waals surface area contributed by atoms with Gasteiger partial charge in [-0.2, -0.15) is 14.0 Å². The largest absolute Gasteiger partial charge is 0.182 e. The summed E-state index contributed by atoms with van der Waals surface area (Å²) in [5.41, 5.74) is 1.26. The zero-order chi connectivity index (χ0) is 21.0. The fourth-order valence-corrected chi connectivity index (χ4v) is 8.44. The van der Waals surface area contributed by atoms with Crippen molar-refractivity contribution in [1.82, 2.24) is 0 Å². The second-order valence-electron chi connectivity index (χ2n) is 7.53. The first-order valence-corrected chi connectivity index (χ1v) is 12.9. The fourth-order valence-electron chi connectivity index (χ4n) is 4.22. The molecule has 4 nitrogen and oxygen atoms in total. The van der Waals surface area contributed by atoms with Crippen LogP contribution in [0.3, 0.4) is 0 Å². The van der Waals surface area contributed by atoms with E-state index in [0.29, 0.717) is 20.6 Å². The Morgan fingerprint density at radius 3 is 1.57 bits per heavy atom. The lowest BCUT2D eigenvalue weighted by Crippen LogP contribution is -2.61. The van der Waals surface area contributed by atoms with E-state index in [9.17, 15) is 14.0 Å². The van der Waals surface area contributed by atoms with Crippen LogP contribution in [-0.4, -0.2) is 0 Å². The topological polar surface area (TPSA) is 78.4 Å². The quantitative estimate of drug-likeness (QED) is 0.578. The van der Waals surface area contributed by atoms with Gasteiger partial charge in [0.15, 0.2) is 0 Å². The number of halogens is 1. The molecule has 0 atom stereocenters. The van der Waals surface area contributed by atoms with Gasteiger partial charge in [-0.25, -0.2) is 0 Å². The predicted molar refractivity (Wildman–Crippen MR) is 109 cm³/mol. The third-order valence-corrected chi connectivity index (χ3v) is 9.79. The number of hydrogen-bond donors (Lipinski definition) is 0. The zero-order valence-corrected chi connectivity index (χ0v) is 18.2. The molecule has 0 N–H and O–H groups in total. The summed E-state index contributed by atoms with van der Waals surface area (Å²) >= 11 is 0. The van der Waals surface area contributed by atoms with Gasteiger partial charge in [0, 0.05) is 14.7 Å². The highest BCUT2D eigenvalue weighted by Crippen LogP contribution is 2.70. The minimum Gasteiger partial charge on any atom is -0.182 e. The predicted octanol–water partition coefficient (Wildman–Crippen LogP) is 3.84. The van der Waals surface area contributed by atoms with E-state index >= 15 is 0 Å². The third kappa shape index (κ3) is 4.57. The fraction of sp³-hybridized carbons (Fsp3) is 0.250. The molecule has 0 unspecified atom stereocenters. The normalized spacial score (nSPS) is 16.4. The van der Waals surface area contributed by atoms with Gasteiger partial charge in [0.25, 0.3) is 0 Å². The summed E-state index contributed by atoms with van der Waals surface area (Å²) in [6, 6.07) is 26.3. The summed E-state index contributed by atoms with van der Waals surface area (Å²) in [6.07, 6.45) is 6.13. The molecular weight excluding hydrogens is 420 g/mol. The van der Waals surface area contributed by atoms with E-state index in [1.165, 1.54) is 37.7 Å². The van der Waals surface area contributed by atoms with E-state index in [1.54, 1.807) is 0 Å². The highest BCUT2D eigenvalue weighted by molar-refractivity contribution is 8.29. The van der Waals surface area contributed by atoms with Crippen molar-refractivity contribution in [3.63, 3.8) is 0 Å². The lowest BCUT2D eigenvalue weighted by molar-refractivity contribution is -1.91. The van der Waals surface area contributed by atoms with Gasteiger partial charge < -0.3 is 0 Å². The third-order valence-electron chi connectivity index (χ3n) is 5.61. The molecule has 0 saturated heterocycles. The molecule has 1 aliphatic carbocycles. The molecule has 3 aromatic carbocycles. The van der Waals surface area contributed by atoms with Crippen LogP contribution >= 0.6 is 10.3 Å². The molecule has 0 spiro atoms. The molecule has 1 fully saturated rings. The van der Waals surface area contributed by atoms with Crippen LogP contribution in [0.25, 0.3) is 0 Å². The SMILES string of the molecule is [O-][Cl+3]([O-])([O-])OS(c1ccccc1)(c1ccccc1)c1ccc(C2CCCCC2)cc1. The van der Waals surface area contributed by atoms with E-state index in [4.69, 9.17) is 3.74 Å². The molecule has 1 aliphatic rings. The van der Waals surface area contributed by atoms with Crippen molar-refractivity contribution in [1.29, 1.82) is 0 Å². The van der Waals surface area contributed by atoms with Crippen molar-refractivity contribution in [3.8, 4) is 0 Å². The summed E-state index contributed by atoms with van der Waals surface area (Å²) in [4.78, 5) is 2.01. The maximum absolute atomic E-state index is 11.9. The highest BCUT2D eigenvalue weighted by Gasteiger charge is 2.46. The molecule has 30 heavy (non-hydrogen) atoms. The number of benzene rings is 3. The Morgan fingerprint density at radius 2 is 1.10 bits per heavy atom. The van der Waals surface area contributed by atoms with Gasteiger partial charge in [-0.15, -0.1) is 0 Å². The standard InChI is InChI=1S/C24H25ClO4S/c26-25(27,28)29-30(22-12-6-2-7-13-22,23-14-8-3-9-15-23)24-18-16-21(17-19-24)20-10-4-1-5-11-20/h2-3,6-9,12-20H,1,4-5,10-11H2. The molecule has 0 aliphatic heterocycles. The first kappa shape index (κ1) is 21.4. The van der Waals surface area contributed by atoms with Gasteiger partial charge in [0.05, 0.1) is 20.6 Å². The van der Waals surface area contributed by atoms with Crippen LogP contribution < -0.4 is 14.0 Å². The molecule has 6 heteroatoms. The minimum atomic E-state index is -4.65. The molecule has 0 aromatic heterocycles. The van der Waals surface area contributed by atoms with E-state index in [-0.39, 0.29) is 0 Å². The summed E-state index contributed by atoms with van der Waals surface area (Å²) in [6.45, 7) is 0. The van der Waals surface area contributed by atoms with E-state index < -0.39 is 20.6 Å². The number of hydrogen-bond acceptors (Lipinski definition) is 4. The molecule has 0 bridgehead atoms. The maximum Gasteiger partial charge on any atom is 0.134 e. The maximum atomic E-state index is 11.9. The van der Waals surface area contributed by atoms with Crippen molar-refractivity contribution in [2.24, 2.45) is 0 Å². The van der Waals surface area contributed by atoms with E-state index in [1.807, 2.05) is 72.8 Å². The van der Waals surface area contributed by atoms with Crippen LogP contribution in [0.15, 0.2) is 99.6 Å². The molecule has 4 rings (SSSR count). The Kier molecular flexibility index (Phi) is 6.48. The van der Waals surface area contributed by atoms with Crippen LogP contribution in [0.2, 0.25) is 0 Å². The van der Waals surface area contributed by atoms with Gasteiger partial charge in [-0.1, -0.05) is 67.8 Å². The Bertz CT molecular complexity index is 897. The highest BCUT2D eigenvalue weighted by atomic mass is 35.7. The zero-order valence-electron chi connectivity index (χ0n) is 16.6. The Balaban J connectivity index is 1.86. The second kappa shape index (κ2) is 9.10. The average Bonchev–Trinajstić information content (AvgIpc) is 2.79. The van der Waals surface area contributed by atoms with Crippen LogP contribution in [0, 0.1) is 10.2 Å². The first-order valence-electron chi connectivity index (χ1n) is 10.1. The molecule has 0 heterocycles. The lowest BCUT2D eigenvalue weighted by atomic mass is 9.84. The molecular formula is C24H25ClO4S. The average molecular weight is 445 g/mol. The van der Waals surface area contributed by atoms with Crippen LogP contribution in [0.5, 0.6) is 0 Å². The lowest BCUT2D eigenvalue weighted by Gasteiger charge is -2.35. The van der Waals surface area contributed by atoms with Gasteiger partial charge in [-0.3, -0.25) is 0 Å². The first-order chi connectivity index (χ1) is 14.5. The molecule has 1 saturated carbocycles. The summed E-state index contributed by atoms with van der Waals surface area (Å²) < 4.78 is 41.1. The Labute approximate surface area is 181 Å². The van der Waals surface area contributed by atoms with Crippen molar-refractivity contribution in [3.05, 3.63) is 90.5 Å². The van der Waals surface area contributed by atoms with Crippen LogP contribution in [0.4, 0.5) is 0 Å². The van der Waals surface area contributed by atoms with E-state index in [2.05, 4.69) is 12.1 Å².